The summed E-state index contributed by atoms with van der Waals surface area (Å²) in [6.45, 7) is 14.4. The lowest BCUT2D eigenvalue weighted by Crippen LogP contribution is -2.22. The summed E-state index contributed by atoms with van der Waals surface area (Å²) < 4.78 is 0. The molecule has 0 bridgehead atoms. The van der Waals surface area contributed by atoms with Crippen LogP contribution in [0.25, 0.3) is 0 Å². The molecule has 0 saturated heterocycles. The molecule has 0 aromatic carbocycles. The molecule has 1 saturated carbocycles. The maximum absolute atomic E-state index is 2.47. The third-order valence-corrected chi connectivity index (χ3v) is 4.29. The molecule has 1 fully saturated rings. The first-order valence-electron chi connectivity index (χ1n) is 5.35. The minimum atomic E-state index is 0.609. The normalized spacial score (nSPS) is 35.2. The summed E-state index contributed by atoms with van der Waals surface area (Å²) in [5, 5.41) is 0. The fourth-order valence-electron chi connectivity index (χ4n) is 3.16. The monoisotopic (exact) mass is 168 g/mol. The van der Waals surface area contributed by atoms with E-state index in [0.29, 0.717) is 10.8 Å². The van der Waals surface area contributed by atoms with Crippen molar-refractivity contribution in [3.63, 3.8) is 0 Å². The second kappa shape index (κ2) is 2.75. The molecular weight excluding hydrogens is 144 g/mol. The van der Waals surface area contributed by atoms with E-state index in [0.717, 1.165) is 11.8 Å². The molecule has 0 N–H and O–H groups in total. The third-order valence-electron chi connectivity index (χ3n) is 4.29. The smallest absolute Gasteiger partial charge is 0.0238 e. The van der Waals surface area contributed by atoms with Gasteiger partial charge in [-0.1, -0.05) is 48.0 Å². The van der Waals surface area contributed by atoms with Crippen molar-refractivity contribution in [2.45, 2.75) is 54.4 Å². The first-order valence-corrected chi connectivity index (χ1v) is 5.35. The number of hydrogen-bond acceptors (Lipinski definition) is 0. The van der Waals surface area contributed by atoms with Crippen molar-refractivity contribution in [2.24, 2.45) is 22.7 Å². The van der Waals surface area contributed by atoms with Gasteiger partial charge in [-0.2, -0.15) is 0 Å². The Labute approximate surface area is 77.7 Å². The van der Waals surface area contributed by atoms with Gasteiger partial charge < -0.3 is 0 Å². The van der Waals surface area contributed by atoms with E-state index in [-0.39, 0.29) is 0 Å². The van der Waals surface area contributed by atoms with Gasteiger partial charge in [0.1, 0.15) is 0 Å². The highest BCUT2D eigenvalue weighted by atomic mass is 14.7. The van der Waals surface area contributed by atoms with Crippen molar-refractivity contribution in [2.75, 3.05) is 0 Å². The zero-order valence-corrected chi connectivity index (χ0v) is 9.57. The van der Waals surface area contributed by atoms with Crippen LogP contribution >= 0.6 is 0 Å². The molecule has 2 atom stereocenters. The van der Waals surface area contributed by atoms with Gasteiger partial charge >= 0.3 is 0 Å². The van der Waals surface area contributed by atoms with Crippen LogP contribution in [0, 0.1) is 22.7 Å². The van der Waals surface area contributed by atoms with E-state index in [1.807, 2.05) is 0 Å². The fourth-order valence-corrected chi connectivity index (χ4v) is 3.16. The molecule has 12 heavy (non-hydrogen) atoms. The Bertz CT molecular complexity index is 167. The molecule has 72 valence electrons. The molecule has 0 radical (unpaired) electrons. The molecule has 0 heterocycles. The second-order valence-corrected chi connectivity index (χ2v) is 5.74. The van der Waals surface area contributed by atoms with E-state index in [2.05, 4.69) is 41.5 Å². The largest absolute Gasteiger partial charge is 0.0651 e. The van der Waals surface area contributed by atoms with Crippen molar-refractivity contribution in [3.05, 3.63) is 0 Å². The Hall–Kier alpha value is 0. The summed E-state index contributed by atoms with van der Waals surface area (Å²) in [5.74, 6) is 1.77. The molecule has 2 unspecified atom stereocenters. The van der Waals surface area contributed by atoms with E-state index in [4.69, 9.17) is 0 Å². The lowest BCUT2D eigenvalue weighted by Gasteiger charge is -2.29. The van der Waals surface area contributed by atoms with Crippen molar-refractivity contribution in [1.82, 2.24) is 0 Å². The summed E-state index contributed by atoms with van der Waals surface area (Å²) in [7, 11) is 0. The Morgan fingerprint density at radius 2 is 1.58 bits per heavy atom. The van der Waals surface area contributed by atoms with Gasteiger partial charge in [-0.15, -0.1) is 0 Å². The van der Waals surface area contributed by atoms with Crippen LogP contribution in [0.4, 0.5) is 0 Å². The predicted molar refractivity (Wildman–Crippen MR) is 55.1 cm³/mol. The predicted octanol–water partition coefficient (Wildman–Crippen LogP) is 4.10. The van der Waals surface area contributed by atoms with Crippen LogP contribution in [-0.4, -0.2) is 0 Å². The zero-order valence-electron chi connectivity index (χ0n) is 9.57. The van der Waals surface area contributed by atoms with Gasteiger partial charge in [-0.05, 0) is 29.1 Å². The van der Waals surface area contributed by atoms with E-state index >= 15 is 0 Å². The third kappa shape index (κ3) is 1.30. The average Bonchev–Trinajstić information content (AvgIpc) is 2.32. The van der Waals surface area contributed by atoms with Crippen molar-refractivity contribution >= 4 is 0 Å². The SMILES string of the molecule is CCC(C(C)C)C1(C)CC1(C)C. The zero-order chi connectivity index (χ0) is 9.57. The fraction of sp³-hybridized carbons (Fsp3) is 1.00. The van der Waals surface area contributed by atoms with Crippen LogP contribution in [0.2, 0.25) is 0 Å². The molecule has 0 nitrogen and oxygen atoms in total. The Morgan fingerprint density at radius 3 is 1.67 bits per heavy atom. The van der Waals surface area contributed by atoms with Gasteiger partial charge in [0.2, 0.25) is 0 Å². The highest BCUT2D eigenvalue weighted by molar-refractivity contribution is 5.09. The van der Waals surface area contributed by atoms with Gasteiger partial charge in [-0.3, -0.25) is 0 Å². The average molecular weight is 168 g/mol. The highest BCUT2D eigenvalue weighted by Gasteiger charge is 2.60. The first kappa shape index (κ1) is 10.1. The summed E-state index contributed by atoms with van der Waals surface area (Å²) in [6, 6.07) is 0. The van der Waals surface area contributed by atoms with Crippen LogP contribution in [0.1, 0.15) is 54.4 Å². The molecule has 1 rings (SSSR count). The molecular formula is C12H24. The summed E-state index contributed by atoms with van der Waals surface area (Å²) in [6.07, 6.45) is 2.77. The maximum atomic E-state index is 2.47. The topological polar surface area (TPSA) is 0 Å². The molecule has 0 aromatic heterocycles. The van der Waals surface area contributed by atoms with Crippen LogP contribution in [-0.2, 0) is 0 Å². The van der Waals surface area contributed by atoms with Crippen LogP contribution in [0.5, 0.6) is 0 Å². The molecule has 0 aliphatic heterocycles. The molecule has 0 amide bonds. The molecule has 1 aliphatic rings. The van der Waals surface area contributed by atoms with E-state index < -0.39 is 0 Å². The van der Waals surface area contributed by atoms with Gasteiger partial charge in [0, 0.05) is 0 Å². The standard InChI is InChI=1S/C12H24/c1-7-10(9(2)3)12(6)8-11(12,4)5/h9-10H,7-8H2,1-6H3. The van der Waals surface area contributed by atoms with Crippen LogP contribution in [0.15, 0.2) is 0 Å². The molecule has 0 heteroatoms. The lowest BCUT2D eigenvalue weighted by atomic mass is 9.76. The van der Waals surface area contributed by atoms with Gasteiger partial charge in [-0.25, -0.2) is 0 Å². The van der Waals surface area contributed by atoms with Gasteiger partial charge in [0.05, 0.1) is 0 Å². The van der Waals surface area contributed by atoms with Crippen molar-refractivity contribution < 1.29 is 0 Å². The minimum absolute atomic E-state index is 0.609. The molecule has 0 spiro atoms. The number of rotatable bonds is 3. The van der Waals surface area contributed by atoms with Crippen LogP contribution < -0.4 is 0 Å². The second-order valence-electron chi connectivity index (χ2n) is 5.74. The highest BCUT2D eigenvalue weighted by Crippen LogP contribution is 2.69. The van der Waals surface area contributed by atoms with Gasteiger partial charge in [0.15, 0.2) is 0 Å². The minimum Gasteiger partial charge on any atom is -0.0651 e. The van der Waals surface area contributed by atoms with Crippen molar-refractivity contribution in [1.29, 1.82) is 0 Å². The van der Waals surface area contributed by atoms with E-state index in [1.165, 1.54) is 12.8 Å². The lowest BCUT2D eigenvalue weighted by molar-refractivity contribution is 0.197. The maximum Gasteiger partial charge on any atom is -0.0238 e. The Balaban J connectivity index is 2.69. The van der Waals surface area contributed by atoms with Gasteiger partial charge in [0.25, 0.3) is 0 Å². The molecule has 0 aromatic rings. The summed E-state index contributed by atoms with van der Waals surface area (Å²) in [4.78, 5) is 0. The number of hydrogen-bond donors (Lipinski definition) is 0. The van der Waals surface area contributed by atoms with Crippen molar-refractivity contribution in [3.8, 4) is 0 Å². The summed E-state index contributed by atoms with van der Waals surface area (Å²) in [5.41, 5.74) is 1.24. The first-order chi connectivity index (χ1) is 5.35. The van der Waals surface area contributed by atoms with Crippen LogP contribution in [0.3, 0.4) is 0 Å². The summed E-state index contributed by atoms with van der Waals surface area (Å²) >= 11 is 0. The van der Waals surface area contributed by atoms with E-state index in [9.17, 15) is 0 Å². The molecule has 1 aliphatic carbocycles. The Morgan fingerprint density at radius 1 is 1.17 bits per heavy atom. The quantitative estimate of drug-likeness (QED) is 0.595. The Kier molecular flexibility index (Phi) is 2.31. The van der Waals surface area contributed by atoms with E-state index in [1.54, 1.807) is 0 Å².